The fourth-order valence-electron chi connectivity index (χ4n) is 2.34. The van der Waals surface area contributed by atoms with Crippen molar-refractivity contribution >= 4 is 0 Å². The van der Waals surface area contributed by atoms with Gasteiger partial charge in [-0.05, 0) is 25.7 Å². The molecule has 0 aliphatic rings. The van der Waals surface area contributed by atoms with Crippen LogP contribution in [-0.4, -0.2) is 35.4 Å². The van der Waals surface area contributed by atoms with Crippen molar-refractivity contribution in [1.29, 1.82) is 0 Å². The predicted molar refractivity (Wildman–Crippen MR) is 102 cm³/mol. The van der Waals surface area contributed by atoms with E-state index < -0.39 is 0 Å². The second-order valence-corrected chi connectivity index (χ2v) is 5.93. The van der Waals surface area contributed by atoms with E-state index in [0.29, 0.717) is 19.1 Å². The van der Waals surface area contributed by atoms with E-state index >= 15 is 0 Å². The van der Waals surface area contributed by atoms with Crippen molar-refractivity contribution in [3.05, 3.63) is 37.9 Å². The van der Waals surface area contributed by atoms with Crippen LogP contribution in [-0.2, 0) is 9.47 Å². The molecule has 146 valence electrons. The molecule has 1 aromatic heterocycles. The maximum Gasteiger partial charge on any atom is 0.319 e. The van der Waals surface area contributed by atoms with Gasteiger partial charge in [-0.1, -0.05) is 39.8 Å². The summed E-state index contributed by atoms with van der Waals surface area (Å²) in [6, 6.07) is 1.97. The molecule has 0 N–H and O–H groups in total. The van der Waals surface area contributed by atoms with Crippen LogP contribution >= 0.6 is 0 Å². The lowest BCUT2D eigenvalue weighted by molar-refractivity contribution is 0.0715. The van der Waals surface area contributed by atoms with Crippen molar-refractivity contribution in [2.75, 3.05) is 13.2 Å². The Hall–Kier alpha value is -2.24. The van der Waals surface area contributed by atoms with E-state index in [1.807, 2.05) is 0 Å². The van der Waals surface area contributed by atoms with Crippen LogP contribution < -0.4 is 9.47 Å². The van der Waals surface area contributed by atoms with Gasteiger partial charge < -0.3 is 18.9 Å². The van der Waals surface area contributed by atoms with Gasteiger partial charge in [0, 0.05) is 12.3 Å². The van der Waals surface area contributed by atoms with Gasteiger partial charge in [0.15, 0.2) is 0 Å². The van der Waals surface area contributed by atoms with Gasteiger partial charge in [-0.2, -0.15) is 4.98 Å². The lowest BCUT2D eigenvalue weighted by Gasteiger charge is -2.17. The molecule has 0 fully saturated rings. The van der Waals surface area contributed by atoms with Crippen LogP contribution in [0.5, 0.6) is 11.9 Å². The van der Waals surface area contributed by atoms with Crippen LogP contribution in [0.2, 0.25) is 0 Å². The van der Waals surface area contributed by atoms with E-state index in [9.17, 15) is 0 Å². The molecule has 26 heavy (non-hydrogen) atoms. The molecule has 0 aliphatic heterocycles. The number of ether oxygens (including phenoxy) is 4. The molecule has 0 bridgehead atoms. The quantitative estimate of drug-likeness (QED) is 0.397. The average Bonchev–Trinajstić information content (AvgIpc) is 2.66. The third-order valence-electron chi connectivity index (χ3n) is 3.76. The number of rotatable bonds is 16. The molecule has 1 heterocycles. The van der Waals surface area contributed by atoms with E-state index in [0.717, 1.165) is 38.5 Å². The smallest absolute Gasteiger partial charge is 0.319 e. The summed E-state index contributed by atoms with van der Waals surface area (Å²) in [7, 11) is 0. The fourth-order valence-corrected chi connectivity index (χ4v) is 2.34. The molecular weight excluding hydrogens is 332 g/mol. The normalized spacial score (nSPS) is 12.7. The van der Waals surface area contributed by atoms with Crippen LogP contribution in [0.25, 0.3) is 0 Å². The zero-order chi connectivity index (χ0) is 19.0. The number of aromatic nitrogens is 2. The van der Waals surface area contributed by atoms with Gasteiger partial charge in [-0.3, -0.25) is 0 Å². The third kappa shape index (κ3) is 9.30. The Labute approximate surface area is 157 Å². The Morgan fingerprint density at radius 1 is 0.962 bits per heavy atom. The van der Waals surface area contributed by atoms with E-state index in [4.69, 9.17) is 18.9 Å². The largest absolute Gasteiger partial charge is 0.495 e. The first-order valence-corrected chi connectivity index (χ1v) is 9.34. The molecule has 1 aromatic rings. The maximum atomic E-state index is 5.73. The Kier molecular flexibility index (Phi) is 11.7. The van der Waals surface area contributed by atoms with Gasteiger partial charge in [0.25, 0.3) is 0 Å². The molecule has 0 amide bonds. The first kappa shape index (κ1) is 21.8. The summed E-state index contributed by atoms with van der Waals surface area (Å²) in [4.78, 5) is 8.40. The van der Waals surface area contributed by atoms with Crippen LogP contribution in [0.3, 0.4) is 0 Å². The van der Waals surface area contributed by atoms with Gasteiger partial charge in [0.1, 0.15) is 25.4 Å². The summed E-state index contributed by atoms with van der Waals surface area (Å²) in [5, 5.41) is 0. The fraction of sp³-hybridized carbons (Fsp3) is 0.600. The highest BCUT2D eigenvalue weighted by molar-refractivity contribution is 5.11. The highest BCUT2D eigenvalue weighted by Gasteiger charge is 2.12. The summed E-state index contributed by atoms with van der Waals surface area (Å²) in [6.45, 7) is 12.3. The maximum absolute atomic E-state index is 5.73. The molecule has 0 saturated carbocycles. The van der Waals surface area contributed by atoms with Crippen LogP contribution in [0, 0.1) is 0 Å². The zero-order valence-corrected chi connectivity index (χ0v) is 16.1. The van der Waals surface area contributed by atoms with Crippen molar-refractivity contribution in [2.45, 2.75) is 64.6 Å². The van der Waals surface area contributed by atoms with Gasteiger partial charge in [-0.25, -0.2) is 4.98 Å². The minimum Gasteiger partial charge on any atom is -0.495 e. The van der Waals surface area contributed by atoms with Gasteiger partial charge >= 0.3 is 6.01 Å². The van der Waals surface area contributed by atoms with Crippen LogP contribution in [0.15, 0.2) is 37.9 Å². The van der Waals surface area contributed by atoms with Crippen LogP contribution in [0.4, 0.5) is 0 Å². The minimum absolute atomic E-state index is 0.0359. The standard InChI is InChI=1S/C20H32N2O4/c1-5-9-11-17(23-7-3)15-25-19-13-14-21-20(22-19)26-16-18(24-8-4)12-10-6-2/h7-8,13-14,17-18H,3-6,9-12,15-16H2,1-2H3. The first-order valence-electron chi connectivity index (χ1n) is 9.34. The summed E-state index contributed by atoms with van der Waals surface area (Å²) >= 11 is 0. The minimum atomic E-state index is -0.0555. The molecule has 1 rings (SSSR count). The molecule has 0 spiro atoms. The summed E-state index contributed by atoms with van der Waals surface area (Å²) < 4.78 is 22.3. The molecule has 2 atom stereocenters. The number of unbranched alkanes of at least 4 members (excludes halogenated alkanes) is 2. The molecular formula is C20H32N2O4. The Morgan fingerprint density at radius 2 is 1.54 bits per heavy atom. The van der Waals surface area contributed by atoms with Crippen molar-refractivity contribution < 1.29 is 18.9 Å². The number of nitrogens with zero attached hydrogens (tertiary/aromatic N) is 2. The number of hydrogen-bond acceptors (Lipinski definition) is 6. The molecule has 0 aliphatic carbocycles. The molecule has 0 aromatic carbocycles. The van der Waals surface area contributed by atoms with Crippen molar-refractivity contribution in [3.63, 3.8) is 0 Å². The van der Waals surface area contributed by atoms with Gasteiger partial charge in [0.05, 0.1) is 12.5 Å². The highest BCUT2D eigenvalue weighted by Crippen LogP contribution is 2.14. The average molecular weight is 364 g/mol. The topological polar surface area (TPSA) is 62.7 Å². The second-order valence-electron chi connectivity index (χ2n) is 5.93. The molecule has 0 saturated heterocycles. The van der Waals surface area contributed by atoms with Gasteiger partial charge in [0.2, 0.25) is 5.88 Å². The van der Waals surface area contributed by atoms with Crippen LogP contribution in [0.1, 0.15) is 52.4 Å². The van der Waals surface area contributed by atoms with Gasteiger partial charge in [-0.15, -0.1) is 0 Å². The monoisotopic (exact) mass is 364 g/mol. The third-order valence-corrected chi connectivity index (χ3v) is 3.76. The lowest BCUT2D eigenvalue weighted by atomic mass is 10.2. The number of hydrogen-bond donors (Lipinski definition) is 0. The Balaban J connectivity index is 2.52. The predicted octanol–water partition coefficient (Wildman–Crippen LogP) is 4.67. The molecule has 0 radical (unpaired) electrons. The Bertz CT molecular complexity index is 469. The summed E-state index contributed by atoms with van der Waals surface area (Å²) in [5.74, 6) is 0.457. The summed E-state index contributed by atoms with van der Waals surface area (Å²) in [5.41, 5.74) is 0. The van der Waals surface area contributed by atoms with E-state index in [-0.39, 0.29) is 18.2 Å². The van der Waals surface area contributed by atoms with Crippen molar-refractivity contribution in [2.24, 2.45) is 0 Å². The van der Waals surface area contributed by atoms with E-state index in [1.54, 1.807) is 12.3 Å². The first-order chi connectivity index (χ1) is 12.7. The second kappa shape index (κ2) is 14.0. The zero-order valence-electron chi connectivity index (χ0n) is 16.1. The molecule has 2 unspecified atom stereocenters. The van der Waals surface area contributed by atoms with Crippen molar-refractivity contribution in [3.8, 4) is 11.9 Å². The SMILES string of the molecule is C=COC(CCCC)COc1ccnc(OCC(CCCC)OC=C)n1. The Morgan fingerprint density at radius 3 is 2.08 bits per heavy atom. The van der Waals surface area contributed by atoms with Crippen molar-refractivity contribution in [1.82, 2.24) is 9.97 Å². The molecule has 6 heteroatoms. The molecule has 6 nitrogen and oxygen atoms in total. The highest BCUT2D eigenvalue weighted by atomic mass is 16.5. The summed E-state index contributed by atoms with van der Waals surface area (Å²) in [6.07, 6.45) is 10.6. The lowest BCUT2D eigenvalue weighted by Crippen LogP contribution is -2.21. The van der Waals surface area contributed by atoms with E-state index in [1.165, 1.54) is 12.5 Å². The van der Waals surface area contributed by atoms with E-state index in [2.05, 4.69) is 37.0 Å².